The summed E-state index contributed by atoms with van der Waals surface area (Å²) in [5.41, 5.74) is 8.91. The van der Waals surface area contributed by atoms with E-state index in [0.717, 1.165) is 55.3 Å². The van der Waals surface area contributed by atoms with Gasteiger partial charge in [0.1, 0.15) is 5.01 Å². The number of rotatable bonds is 4. The van der Waals surface area contributed by atoms with E-state index in [-0.39, 0.29) is 5.91 Å². The summed E-state index contributed by atoms with van der Waals surface area (Å²) in [5.74, 6) is -0.178. The van der Waals surface area contributed by atoms with Gasteiger partial charge in [-0.2, -0.15) is 5.10 Å². The Hall–Kier alpha value is -4.36. The van der Waals surface area contributed by atoms with E-state index in [1.807, 2.05) is 80.2 Å². The van der Waals surface area contributed by atoms with E-state index in [9.17, 15) is 4.79 Å². The van der Waals surface area contributed by atoms with E-state index < -0.39 is 0 Å². The van der Waals surface area contributed by atoms with Crippen molar-refractivity contribution in [3.8, 4) is 21.8 Å². The molecule has 0 saturated heterocycles. The van der Waals surface area contributed by atoms with Gasteiger partial charge < -0.3 is 5.32 Å². The lowest BCUT2D eigenvalue weighted by Crippen LogP contribution is -2.13. The summed E-state index contributed by atoms with van der Waals surface area (Å²) in [6.45, 7) is 6.07. The topological polar surface area (TPSA) is 72.7 Å². The number of aromatic nitrogens is 4. The van der Waals surface area contributed by atoms with Crippen LogP contribution in [0.4, 0.5) is 5.69 Å². The smallest absolute Gasteiger partial charge is 0.256 e. The second-order valence-corrected chi connectivity index (χ2v) is 10.3. The van der Waals surface area contributed by atoms with Gasteiger partial charge >= 0.3 is 0 Å². The van der Waals surface area contributed by atoms with E-state index in [0.29, 0.717) is 5.56 Å². The Bertz CT molecular complexity index is 1810. The average Bonchev–Trinajstić information content (AvgIpc) is 3.42. The number of thiazole rings is 1. The second kappa shape index (κ2) is 8.94. The first-order valence-corrected chi connectivity index (χ1v) is 12.9. The van der Waals surface area contributed by atoms with Gasteiger partial charge in [-0.25, -0.2) is 9.97 Å². The molecule has 0 radical (unpaired) electrons. The van der Waals surface area contributed by atoms with Crippen molar-refractivity contribution in [3.05, 3.63) is 95.3 Å². The van der Waals surface area contributed by atoms with Gasteiger partial charge in [0, 0.05) is 34.9 Å². The SMILES string of the molecule is Cc1ccc2nc(-c3ccc(NC(=O)c4cc(-c5c(C)nn(C)c5C)nc5ccccc45)cc3)sc2c1. The zero-order valence-corrected chi connectivity index (χ0v) is 21.9. The Morgan fingerprint density at radius 2 is 1.68 bits per heavy atom. The monoisotopic (exact) mass is 503 g/mol. The lowest BCUT2D eigenvalue weighted by atomic mass is 10.0. The molecule has 0 saturated carbocycles. The van der Waals surface area contributed by atoms with Crippen molar-refractivity contribution in [3.63, 3.8) is 0 Å². The summed E-state index contributed by atoms with van der Waals surface area (Å²) < 4.78 is 3.02. The lowest BCUT2D eigenvalue weighted by molar-refractivity contribution is 0.102. The Morgan fingerprint density at radius 3 is 2.43 bits per heavy atom. The zero-order valence-electron chi connectivity index (χ0n) is 21.0. The molecule has 1 N–H and O–H groups in total. The van der Waals surface area contributed by atoms with Crippen LogP contribution in [0.3, 0.4) is 0 Å². The molecule has 3 heterocycles. The molecule has 6 aromatic rings. The Morgan fingerprint density at radius 1 is 0.892 bits per heavy atom. The first-order chi connectivity index (χ1) is 17.9. The number of nitrogens with one attached hydrogen (secondary N) is 1. The van der Waals surface area contributed by atoms with Gasteiger partial charge in [-0.05, 0) is 74.9 Å². The minimum absolute atomic E-state index is 0.178. The molecule has 0 aliphatic carbocycles. The Balaban J connectivity index is 1.33. The van der Waals surface area contributed by atoms with Crippen LogP contribution < -0.4 is 5.32 Å². The number of benzene rings is 3. The molecule has 182 valence electrons. The number of nitrogens with zero attached hydrogens (tertiary/aromatic N) is 4. The summed E-state index contributed by atoms with van der Waals surface area (Å²) >= 11 is 1.67. The first kappa shape index (κ1) is 23.1. The quantitative estimate of drug-likeness (QED) is 0.279. The van der Waals surface area contributed by atoms with Gasteiger partial charge in [0.05, 0.1) is 32.7 Å². The third kappa shape index (κ3) is 4.17. The molecule has 0 spiro atoms. The van der Waals surface area contributed by atoms with Crippen molar-refractivity contribution in [1.82, 2.24) is 19.7 Å². The largest absolute Gasteiger partial charge is 0.322 e. The van der Waals surface area contributed by atoms with Crippen LogP contribution in [0.5, 0.6) is 0 Å². The van der Waals surface area contributed by atoms with Gasteiger partial charge in [0.2, 0.25) is 0 Å². The van der Waals surface area contributed by atoms with E-state index >= 15 is 0 Å². The predicted molar refractivity (Wildman–Crippen MR) is 151 cm³/mol. The molecule has 37 heavy (non-hydrogen) atoms. The van der Waals surface area contributed by atoms with Crippen molar-refractivity contribution < 1.29 is 4.79 Å². The highest BCUT2D eigenvalue weighted by molar-refractivity contribution is 7.21. The number of hydrogen-bond acceptors (Lipinski definition) is 5. The van der Waals surface area contributed by atoms with Crippen molar-refractivity contribution in [1.29, 1.82) is 0 Å². The second-order valence-electron chi connectivity index (χ2n) is 9.26. The summed E-state index contributed by atoms with van der Waals surface area (Å²) in [6, 6.07) is 23.7. The first-order valence-electron chi connectivity index (χ1n) is 12.1. The van der Waals surface area contributed by atoms with E-state index in [2.05, 4.69) is 35.5 Å². The Kier molecular flexibility index (Phi) is 5.57. The van der Waals surface area contributed by atoms with Crippen LogP contribution in [0.1, 0.15) is 27.3 Å². The van der Waals surface area contributed by atoms with Gasteiger partial charge in [-0.1, -0.05) is 24.3 Å². The molecule has 0 aliphatic heterocycles. The fraction of sp³-hybridized carbons (Fsp3) is 0.133. The molecule has 6 nitrogen and oxygen atoms in total. The van der Waals surface area contributed by atoms with E-state index in [1.165, 1.54) is 10.3 Å². The molecular formula is C30H25N5OS. The summed E-state index contributed by atoms with van der Waals surface area (Å²) in [6.07, 6.45) is 0. The molecule has 3 aromatic heterocycles. The average molecular weight is 504 g/mol. The molecule has 1 amide bonds. The van der Waals surface area contributed by atoms with E-state index in [4.69, 9.17) is 9.97 Å². The van der Waals surface area contributed by atoms with Gasteiger partial charge in [0.25, 0.3) is 5.91 Å². The van der Waals surface area contributed by atoms with Crippen LogP contribution in [-0.2, 0) is 7.05 Å². The summed E-state index contributed by atoms with van der Waals surface area (Å²) in [5, 5.41) is 9.38. The van der Waals surface area contributed by atoms with Crippen LogP contribution in [-0.4, -0.2) is 25.7 Å². The van der Waals surface area contributed by atoms with Crippen molar-refractivity contribution in [2.75, 3.05) is 5.32 Å². The van der Waals surface area contributed by atoms with Crippen molar-refractivity contribution >= 4 is 44.1 Å². The molecular weight excluding hydrogens is 478 g/mol. The van der Waals surface area contributed by atoms with Crippen LogP contribution in [0.25, 0.3) is 42.9 Å². The zero-order chi connectivity index (χ0) is 25.7. The van der Waals surface area contributed by atoms with Crippen molar-refractivity contribution in [2.45, 2.75) is 20.8 Å². The molecule has 0 atom stereocenters. The fourth-order valence-electron chi connectivity index (χ4n) is 4.69. The molecule has 0 aliphatic rings. The van der Waals surface area contributed by atoms with Gasteiger partial charge in [0.15, 0.2) is 0 Å². The maximum Gasteiger partial charge on any atom is 0.256 e. The third-order valence-electron chi connectivity index (χ3n) is 6.66. The number of anilines is 1. The predicted octanol–water partition coefficient (Wildman–Crippen LogP) is 7.09. The van der Waals surface area contributed by atoms with Crippen LogP contribution in [0.2, 0.25) is 0 Å². The molecule has 0 unspecified atom stereocenters. The minimum atomic E-state index is -0.178. The number of carbonyl (C=O) groups is 1. The number of amides is 1. The fourth-order valence-corrected chi connectivity index (χ4v) is 5.75. The molecule has 3 aromatic carbocycles. The highest BCUT2D eigenvalue weighted by atomic mass is 32.1. The highest BCUT2D eigenvalue weighted by Crippen LogP contribution is 2.32. The van der Waals surface area contributed by atoms with E-state index in [1.54, 1.807) is 11.3 Å². The molecule has 0 fully saturated rings. The van der Waals surface area contributed by atoms with Crippen molar-refractivity contribution in [2.24, 2.45) is 7.05 Å². The standard InChI is InChI=1S/C30H25N5OS/c1-17-9-14-25-27(15-17)37-30(33-25)20-10-12-21(13-11-20)31-29(36)23-16-26(28-18(2)34-35(4)19(28)3)32-24-8-6-5-7-22(23)24/h5-16H,1-4H3,(H,31,36). The highest BCUT2D eigenvalue weighted by Gasteiger charge is 2.19. The maximum atomic E-state index is 13.5. The third-order valence-corrected chi connectivity index (χ3v) is 7.73. The van der Waals surface area contributed by atoms with Gasteiger partial charge in [-0.3, -0.25) is 9.48 Å². The summed E-state index contributed by atoms with van der Waals surface area (Å²) in [7, 11) is 1.92. The van der Waals surface area contributed by atoms with Crippen LogP contribution in [0, 0.1) is 20.8 Å². The Labute approximate surface area is 218 Å². The minimum Gasteiger partial charge on any atom is -0.322 e. The normalized spacial score (nSPS) is 11.4. The number of hydrogen-bond donors (Lipinski definition) is 1. The number of aryl methyl sites for hydroxylation is 3. The molecule has 0 bridgehead atoms. The molecule has 6 rings (SSSR count). The number of fused-ring (bicyclic) bond motifs is 2. The lowest BCUT2D eigenvalue weighted by Gasteiger charge is -2.11. The number of carbonyl (C=O) groups excluding carboxylic acids is 1. The maximum absolute atomic E-state index is 13.5. The number of pyridine rings is 1. The van der Waals surface area contributed by atoms with Crippen LogP contribution >= 0.6 is 11.3 Å². The molecule has 7 heteroatoms. The number of para-hydroxylation sites is 1. The summed E-state index contributed by atoms with van der Waals surface area (Å²) in [4.78, 5) is 23.1. The van der Waals surface area contributed by atoms with Crippen LogP contribution in [0.15, 0.2) is 72.8 Å². The van der Waals surface area contributed by atoms with Gasteiger partial charge in [-0.15, -0.1) is 11.3 Å².